The number of likely N-dealkylation sites (tertiary alicyclic amines) is 1. The molecule has 1 aliphatic heterocycles. The number of piperidine rings is 1. The highest BCUT2D eigenvalue weighted by Gasteiger charge is 2.37. The van der Waals surface area contributed by atoms with Gasteiger partial charge in [-0.1, -0.05) is 6.92 Å². The minimum Gasteiger partial charge on any atom is -0.481 e. The molecule has 1 aliphatic rings. The van der Waals surface area contributed by atoms with E-state index in [0.717, 1.165) is 6.42 Å². The topological polar surface area (TPSA) is 66.8 Å². The molecule has 5 heteroatoms. The van der Waals surface area contributed by atoms with Gasteiger partial charge >= 0.3 is 5.97 Å². The van der Waals surface area contributed by atoms with Gasteiger partial charge in [0.05, 0.1) is 5.41 Å². The van der Waals surface area contributed by atoms with Gasteiger partial charge in [-0.25, -0.2) is 0 Å². The third-order valence-corrected chi connectivity index (χ3v) is 3.31. The number of ether oxygens (including phenoxy) is 1. The van der Waals surface area contributed by atoms with Gasteiger partial charge in [-0.2, -0.15) is 0 Å². The molecular weight excluding hydrogens is 222 g/mol. The smallest absolute Gasteiger partial charge is 0.309 e. The maximum Gasteiger partial charge on any atom is 0.309 e. The predicted molar refractivity (Wildman–Crippen MR) is 62.7 cm³/mol. The standard InChI is InChI=1S/C12H21NO4/c1-3-8-17-9-10(14)13-6-4-12(2,5-7-13)11(15)16/h3-9H2,1-2H3,(H,15,16). The Hall–Kier alpha value is -1.10. The van der Waals surface area contributed by atoms with Gasteiger partial charge in [-0.3, -0.25) is 9.59 Å². The number of nitrogens with zero attached hydrogens (tertiary/aromatic N) is 1. The van der Waals surface area contributed by atoms with Crippen LogP contribution in [0, 0.1) is 5.41 Å². The fraction of sp³-hybridized carbons (Fsp3) is 0.833. The highest BCUT2D eigenvalue weighted by atomic mass is 16.5. The van der Waals surface area contributed by atoms with Crippen LogP contribution in [0.5, 0.6) is 0 Å². The molecule has 0 aliphatic carbocycles. The number of carboxylic acid groups (broad SMARTS) is 1. The van der Waals surface area contributed by atoms with Crippen molar-refractivity contribution >= 4 is 11.9 Å². The molecule has 0 spiro atoms. The third kappa shape index (κ3) is 3.70. The van der Waals surface area contributed by atoms with Crippen molar-refractivity contribution in [2.24, 2.45) is 5.41 Å². The fourth-order valence-electron chi connectivity index (χ4n) is 1.86. The van der Waals surface area contributed by atoms with Gasteiger partial charge in [0, 0.05) is 19.7 Å². The van der Waals surface area contributed by atoms with E-state index in [4.69, 9.17) is 9.84 Å². The summed E-state index contributed by atoms with van der Waals surface area (Å²) in [5.74, 6) is -0.808. The largest absolute Gasteiger partial charge is 0.481 e. The number of hydrogen-bond donors (Lipinski definition) is 1. The molecule has 1 N–H and O–H groups in total. The first-order valence-electron chi connectivity index (χ1n) is 6.08. The van der Waals surface area contributed by atoms with E-state index in [1.54, 1.807) is 11.8 Å². The Kier molecular flexibility index (Phi) is 4.93. The summed E-state index contributed by atoms with van der Waals surface area (Å²) in [6.45, 7) is 5.45. The van der Waals surface area contributed by atoms with Crippen LogP contribution in [0.15, 0.2) is 0 Å². The molecular formula is C12H21NO4. The van der Waals surface area contributed by atoms with Gasteiger partial charge in [0.15, 0.2) is 0 Å². The average Bonchev–Trinajstić information content (AvgIpc) is 2.30. The van der Waals surface area contributed by atoms with Crippen molar-refractivity contribution in [2.75, 3.05) is 26.3 Å². The second kappa shape index (κ2) is 6.00. The number of aliphatic carboxylic acids is 1. The Labute approximate surface area is 102 Å². The van der Waals surface area contributed by atoms with Crippen molar-refractivity contribution in [2.45, 2.75) is 33.1 Å². The normalized spacial score (nSPS) is 19.1. The number of amides is 1. The van der Waals surface area contributed by atoms with Gasteiger partial charge in [-0.05, 0) is 26.2 Å². The second-order valence-corrected chi connectivity index (χ2v) is 4.80. The van der Waals surface area contributed by atoms with Gasteiger partial charge in [0.25, 0.3) is 0 Å². The molecule has 1 rings (SSSR count). The monoisotopic (exact) mass is 243 g/mol. The van der Waals surface area contributed by atoms with E-state index < -0.39 is 11.4 Å². The lowest BCUT2D eigenvalue weighted by Crippen LogP contribution is -2.46. The number of carbonyl (C=O) groups is 2. The van der Waals surface area contributed by atoms with E-state index in [2.05, 4.69) is 0 Å². The van der Waals surface area contributed by atoms with Crippen LogP contribution in [0.2, 0.25) is 0 Å². The summed E-state index contributed by atoms with van der Waals surface area (Å²) in [5, 5.41) is 9.07. The van der Waals surface area contributed by atoms with Crippen molar-refractivity contribution < 1.29 is 19.4 Å². The Morgan fingerprint density at radius 3 is 2.41 bits per heavy atom. The maximum atomic E-state index is 11.7. The summed E-state index contributed by atoms with van der Waals surface area (Å²) in [6, 6.07) is 0. The Bertz CT molecular complexity index is 282. The van der Waals surface area contributed by atoms with Gasteiger partial charge < -0.3 is 14.7 Å². The first kappa shape index (κ1) is 14.0. The molecule has 1 saturated heterocycles. The van der Waals surface area contributed by atoms with E-state index in [-0.39, 0.29) is 12.5 Å². The summed E-state index contributed by atoms with van der Waals surface area (Å²) in [6.07, 6.45) is 1.92. The van der Waals surface area contributed by atoms with Gasteiger partial charge in [0.2, 0.25) is 5.91 Å². The van der Waals surface area contributed by atoms with Crippen molar-refractivity contribution in [1.82, 2.24) is 4.90 Å². The molecule has 0 aromatic carbocycles. The number of hydrogen-bond acceptors (Lipinski definition) is 3. The zero-order valence-corrected chi connectivity index (χ0v) is 10.6. The van der Waals surface area contributed by atoms with Crippen LogP contribution in [0.3, 0.4) is 0 Å². The van der Waals surface area contributed by atoms with Crippen LogP contribution in [-0.4, -0.2) is 48.2 Å². The molecule has 98 valence electrons. The Morgan fingerprint density at radius 2 is 1.94 bits per heavy atom. The van der Waals surface area contributed by atoms with Crippen LogP contribution >= 0.6 is 0 Å². The molecule has 0 unspecified atom stereocenters. The first-order valence-corrected chi connectivity index (χ1v) is 6.08. The van der Waals surface area contributed by atoms with Gasteiger partial charge in [0.1, 0.15) is 6.61 Å². The van der Waals surface area contributed by atoms with Gasteiger partial charge in [-0.15, -0.1) is 0 Å². The second-order valence-electron chi connectivity index (χ2n) is 4.80. The average molecular weight is 243 g/mol. The fourth-order valence-corrected chi connectivity index (χ4v) is 1.86. The Balaban J connectivity index is 2.36. The molecule has 0 saturated carbocycles. The Morgan fingerprint density at radius 1 is 1.35 bits per heavy atom. The van der Waals surface area contributed by atoms with Crippen molar-refractivity contribution in [3.63, 3.8) is 0 Å². The lowest BCUT2D eigenvalue weighted by atomic mass is 9.80. The van der Waals surface area contributed by atoms with Crippen LogP contribution in [0.4, 0.5) is 0 Å². The highest BCUT2D eigenvalue weighted by Crippen LogP contribution is 2.30. The lowest BCUT2D eigenvalue weighted by Gasteiger charge is -2.36. The lowest BCUT2D eigenvalue weighted by molar-refractivity contribution is -0.153. The molecule has 1 fully saturated rings. The molecule has 1 heterocycles. The van der Waals surface area contributed by atoms with Crippen molar-refractivity contribution in [1.29, 1.82) is 0 Å². The third-order valence-electron chi connectivity index (χ3n) is 3.31. The van der Waals surface area contributed by atoms with Crippen molar-refractivity contribution in [3.05, 3.63) is 0 Å². The quantitative estimate of drug-likeness (QED) is 0.735. The molecule has 17 heavy (non-hydrogen) atoms. The van der Waals surface area contributed by atoms with E-state index in [1.807, 2.05) is 6.92 Å². The number of carbonyl (C=O) groups excluding carboxylic acids is 1. The highest BCUT2D eigenvalue weighted by molar-refractivity contribution is 5.78. The minimum atomic E-state index is -0.771. The molecule has 0 radical (unpaired) electrons. The van der Waals surface area contributed by atoms with E-state index >= 15 is 0 Å². The van der Waals surface area contributed by atoms with E-state index in [0.29, 0.717) is 32.5 Å². The number of carboxylic acids is 1. The van der Waals surface area contributed by atoms with Crippen molar-refractivity contribution in [3.8, 4) is 0 Å². The van der Waals surface area contributed by atoms with E-state index in [9.17, 15) is 9.59 Å². The molecule has 5 nitrogen and oxygen atoms in total. The molecule has 0 aromatic heterocycles. The number of rotatable bonds is 5. The summed E-state index contributed by atoms with van der Waals surface area (Å²) in [4.78, 5) is 24.4. The molecule has 0 aromatic rings. The van der Waals surface area contributed by atoms with Crippen LogP contribution < -0.4 is 0 Å². The molecule has 0 atom stereocenters. The zero-order chi connectivity index (χ0) is 12.9. The van der Waals surface area contributed by atoms with Crippen LogP contribution in [0.25, 0.3) is 0 Å². The van der Waals surface area contributed by atoms with Crippen LogP contribution in [-0.2, 0) is 14.3 Å². The summed E-state index contributed by atoms with van der Waals surface area (Å²) >= 11 is 0. The summed E-state index contributed by atoms with van der Waals surface area (Å²) < 4.78 is 5.19. The van der Waals surface area contributed by atoms with Crippen LogP contribution in [0.1, 0.15) is 33.1 Å². The SMILES string of the molecule is CCCOCC(=O)N1CCC(C)(C(=O)O)CC1. The molecule has 0 bridgehead atoms. The maximum absolute atomic E-state index is 11.7. The minimum absolute atomic E-state index is 0.0362. The van der Waals surface area contributed by atoms with E-state index in [1.165, 1.54) is 0 Å². The molecule has 1 amide bonds. The zero-order valence-electron chi connectivity index (χ0n) is 10.6. The first-order chi connectivity index (χ1) is 7.99. The summed E-state index contributed by atoms with van der Waals surface area (Å²) in [5.41, 5.74) is -0.680. The predicted octanol–water partition coefficient (Wildman–Crippen LogP) is 1.13. The summed E-state index contributed by atoms with van der Waals surface area (Å²) in [7, 11) is 0.